The first-order valence-corrected chi connectivity index (χ1v) is 9.30. The van der Waals surface area contributed by atoms with E-state index in [1.165, 1.54) is 22.7 Å². The van der Waals surface area contributed by atoms with Crippen LogP contribution < -0.4 is 5.73 Å². The fourth-order valence-corrected chi connectivity index (χ4v) is 4.56. The lowest BCUT2D eigenvalue weighted by atomic mass is 9.96. The molecule has 0 aliphatic carbocycles. The second-order valence-corrected chi connectivity index (χ2v) is 8.95. The van der Waals surface area contributed by atoms with Gasteiger partial charge in [-0.05, 0) is 36.2 Å². The Labute approximate surface area is 127 Å². The summed E-state index contributed by atoms with van der Waals surface area (Å²) in [5.41, 5.74) is 6.09. The molecule has 2 unspecified atom stereocenters. The fraction of sp³-hybridized carbons (Fsp3) is 0.385. The van der Waals surface area contributed by atoms with Crippen LogP contribution in [0.25, 0.3) is 0 Å². The molecule has 2 aromatic rings. The average Bonchev–Trinajstić information content (AvgIpc) is 2.98. The van der Waals surface area contributed by atoms with Gasteiger partial charge in [0.25, 0.3) is 10.1 Å². The van der Waals surface area contributed by atoms with Gasteiger partial charge in [-0.2, -0.15) is 8.42 Å². The quantitative estimate of drug-likeness (QED) is 0.797. The van der Waals surface area contributed by atoms with Gasteiger partial charge in [-0.15, -0.1) is 22.7 Å². The molecule has 0 aliphatic rings. The topological polar surface area (TPSA) is 80.4 Å². The van der Waals surface area contributed by atoms with Crippen LogP contribution in [0, 0.1) is 0 Å². The Hall–Kier alpha value is -0.730. The molecule has 3 N–H and O–H groups in total. The van der Waals surface area contributed by atoms with E-state index >= 15 is 0 Å². The molecule has 110 valence electrons. The minimum atomic E-state index is -4.20. The molecule has 0 saturated heterocycles. The molecule has 20 heavy (non-hydrogen) atoms. The smallest absolute Gasteiger partial charge is 0.270 e. The highest BCUT2D eigenvalue weighted by molar-refractivity contribution is 7.87. The fourth-order valence-electron chi connectivity index (χ4n) is 2.12. The van der Waals surface area contributed by atoms with Crippen molar-refractivity contribution >= 4 is 32.8 Å². The average molecular weight is 331 g/mol. The van der Waals surface area contributed by atoms with E-state index in [9.17, 15) is 13.0 Å². The monoisotopic (exact) mass is 331 g/mol. The predicted molar refractivity (Wildman–Crippen MR) is 83.8 cm³/mol. The lowest BCUT2D eigenvalue weighted by molar-refractivity contribution is 0.403. The van der Waals surface area contributed by atoms with Gasteiger partial charge in [0.05, 0.1) is 0 Å². The summed E-state index contributed by atoms with van der Waals surface area (Å²) in [5, 5.41) is 3.79. The zero-order valence-corrected chi connectivity index (χ0v) is 13.5. The first-order chi connectivity index (χ1) is 9.32. The van der Waals surface area contributed by atoms with Crippen LogP contribution in [0.3, 0.4) is 0 Å². The summed E-state index contributed by atoms with van der Waals surface area (Å²) in [5.74, 6) is 0. The highest BCUT2D eigenvalue weighted by atomic mass is 32.2. The zero-order valence-electron chi connectivity index (χ0n) is 11.0. The standard InChI is InChI=1S/C13H17NO3S3/c1-13(20(15,16)17,8-10-4-2-6-18-10)9-11(14)12-5-3-7-19-12/h2-7,11H,8-9,14H2,1H3,(H,15,16,17). The van der Waals surface area contributed by atoms with Gasteiger partial charge in [0, 0.05) is 22.2 Å². The van der Waals surface area contributed by atoms with Crippen LogP contribution in [0.1, 0.15) is 29.1 Å². The Morgan fingerprint density at radius 3 is 2.45 bits per heavy atom. The Morgan fingerprint density at radius 1 is 1.30 bits per heavy atom. The molecule has 2 atom stereocenters. The Balaban J connectivity index is 2.24. The van der Waals surface area contributed by atoms with E-state index in [0.29, 0.717) is 0 Å². The second kappa shape index (κ2) is 5.95. The Kier molecular flexibility index (Phi) is 4.66. The van der Waals surface area contributed by atoms with E-state index in [4.69, 9.17) is 5.73 Å². The van der Waals surface area contributed by atoms with Gasteiger partial charge in [0.2, 0.25) is 0 Å². The van der Waals surface area contributed by atoms with Gasteiger partial charge in [-0.25, -0.2) is 0 Å². The van der Waals surface area contributed by atoms with Crippen molar-refractivity contribution in [2.75, 3.05) is 0 Å². The molecule has 0 bridgehead atoms. The molecule has 0 amide bonds. The van der Waals surface area contributed by atoms with Gasteiger partial charge >= 0.3 is 0 Å². The van der Waals surface area contributed by atoms with Crippen molar-refractivity contribution in [3.8, 4) is 0 Å². The highest BCUT2D eigenvalue weighted by Gasteiger charge is 2.40. The maximum absolute atomic E-state index is 11.8. The minimum absolute atomic E-state index is 0.185. The molecule has 0 spiro atoms. The van der Waals surface area contributed by atoms with Crippen LogP contribution >= 0.6 is 22.7 Å². The van der Waals surface area contributed by atoms with E-state index in [1.807, 2.05) is 35.0 Å². The SMILES string of the molecule is CC(Cc1cccs1)(CC(N)c1cccs1)S(=O)(=O)O. The van der Waals surface area contributed by atoms with E-state index < -0.39 is 20.9 Å². The van der Waals surface area contributed by atoms with Crippen molar-refractivity contribution in [1.82, 2.24) is 0 Å². The number of hydrogen-bond acceptors (Lipinski definition) is 5. The summed E-state index contributed by atoms with van der Waals surface area (Å²) in [4.78, 5) is 1.84. The molecular formula is C13H17NO3S3. The summed E-state index contributed by atoms with van der Waals surface area (Å²) in [7, 11) is -4.20. The van der Waals surface area contributed by atoms with Crippen molar-refractivity contribution in [2.24, 2.45) is 5.73 Å². The molecule has 2 rings (SSSR count). The van der Waals surface area contributed by atoms with Crippen molar-refractivity contribution in [3.05, 3.63) is 44.8 Å². The summed E-state index contributed by atoms with van der Waals surface area (Å²) in [6, 6.07) is 7.09. The summed E-state index contributed by atoms with van der Waals surface area (Å²) in [6.07, 6.45) is 0.451. The van der Waals surface area contributed by atoms with Gasteiger partial charge < -0.3 is 5.73 Å². The lowest BCUT2D eigenvalue weighted by Gasteiger charge is -2.28. The summed E-state index contributed by atoms with van der Waals surface area (Å²) in [6.45, 7) is 1.55. The van der Waals surface area contributed by atoms with E-state index in [1.54, 1.807) is 6.92 Å². The first kappa shape index (κ1) is 15.7. The third-order valence-electron chi connectivity index (χ3n) is 3.31. The Morgan fingerprint density at radius 2 is 1.95 bits per heavy atom. The molecule has 0 aromatic carbocycles. The maximum Gasteiger partial charge on any atom is 0.270 e. The van der Waals surface area contributed by atoms with Crippen LogP contribution in [0.5, 0.6) is 0 Å². The van der Waals surface area contributed by atoms with E-state index in [0.717, 1.165) is 9.75 Å². The normalized spacial score (nSPS) is 16.8. The Bertz CT molecular complexity index is 634. The van der Waals surface area contributed by atoms with Gasteiger partial charge in [-0.3, -0.25) is 4.55 Å². The number of rotatable bonds is 6. The third kappa shape index (κ3) is 3.48. The van der Waals surface area contributed by atoms with Crippen molar-refractivity contribution in [2.45, 2.75) is 30.6 Å². The maximum atomic E-state index is 11.8. The molecule has 2 heterocycles. The van der Waals surface area contributed by atoms with Crippen LogP contribution in [0.15, 0.2) is 35.0 Å². The van der Waals surface area contributed by atoms with Crippen molar-refractivity contribution in [3.63, 3.8) is 0 Å². The lowest BCUT2D eigenvalue weighted by Crippen LogP contribution is -2.40. The minimum Gasteiger partial charge on any atom is -0.323 e. The van der Waals surface area contributed by atoms with E-state index in [2.05, 4.69) is 0 Å². The van der Waals surface area contributed by atoms with Crippen LogP contribution in [0.2, 0.25) is 0 Å². The van der Waals surface area contributed by atoms with Crippen molar-refractivity contribution < 1.29 is 13.0 Å². The summed E-state index contributed by atoms with van der Waals surface area (Å²) >= 11 is 2.97. The van der Waals surface area contributed by atoms with Crippen LogP contribution in [-0.4, -0.2) is 17.7 Å². The van der Waals surface area contributed by atoms with Gasteiger partial charge in [0.1, 0.15) is 4.75 Å². The van der Waals surface area contributed by atoms with Crippen LogP contribution in [-0.2, 0) is 16.5 Å². The zero-order chi connectivity index (χ0) is 14.8. The number of nitrogens with two attached hydrogens (primary N) is 1. The van der Waals surface area contributed by atoms with Crippen molar-refractivity contribution in [1.29, 1.82) is 0 Å². The second-order valence-electron chi connectivity index (χ2n) is 5.01. The van der Waals surface area contributed by atoms with Gasteiger partial charge in [0.15, 0.2) is 0 Å². The number of hydrogen-bond donors (Lipinski definition) is 2. The molecule has 0 aliphatic heterocycles. The molecule has 0 radical (unpaired) electrons. The third-order valence-corrected chi connectivity index (χ3v) is 6.75. The predicted octanol–water partition coefficient (Wildman–Crippen LogP) is 3.09. The molecule has 4 nitrogen and oxygen atoms in total. The molecule has 7 heteroatoms. The molecule has 2 aromatic heterocycles. The summed E-state index contributed by atoms with van der Waals surface area (Å²) < 4.78 is 31.9. The van der Waals surface area contributed by atoms with Gasteiger partial charge in [-0.1, -0.05) is 12.1 Å². The molecule has 0 saturated carbocycles. The largest absolute Gasteiger partial charge is 0.323 e. The molecule has 0 fully saturated rings. The highest BCUT2D eigenvalue weighted by Crippen LogP contribution is 2.33. The first-order valence-electron chi connectivity index (χ1n) is 6.10. The number of thiophene rings is 2. The molecular weight excluding hydrogens is 314 g/mol. The van der Waals surface area contributed by atoms with E-state index in [-0.39, 0.29) is 12.8 Å². The van der Waals surface area contributed by atoms with Crippen LogP contribution in [0.4, 0.5) is 0 Å².